The summed E-state index contributed by atoms with van der Waals surface area (Å²) in [6.07, 6.45) is 0. The monoisotopic (exact) mass is 286 g/mol. The van der Waals surface area contributed by atoms with E-state index in [1.807, 2.05) is 18.2 Å². The summed E-state index contributed by atoms with van der Waals surface area (Å²) in [5, 5.41) is 2.12. The Morgan fingerprint density at radius 3 is 2.95 bits per heavy atom. The fourth-order valence-corrected chi connectivity index (χ4v) is 3.02. The number of aromatic nitrogens is 2. The van der Waals surface area contributed by atoms with Crippen LogP contribution < -0.4 is 5.73 Å². The van der Waals surface area contributed by atoms with Crippen molar-refractivity contribution in [1.82, 2.24) is 14.9 Å². The molecule has 20 heavy (non-hydrogen) atoms. The lowest BCUT2D eigenvalue weighted by Gasteiger charge is -2.17. The highest BCUT2D eigenvalue weighted by atomic mass is 32.1. The molecule has 0 saturated carbocycles. The van der Waals surface area contributed by atoms with Crippen molar-refractivity contribution in [3.8, 4) is 0 Å². The fourth-order valence-electron chi connectivity index (χ4n) is 2.27. The molecule has 0 saturated heterocycles. The number of anilines is 1. The molecule has 5 heteroatoms. The molecule has 0 unspecified atom stereocenters. The van der Waals surface area contributed by atoms with E-state index in [2.05, 4.69) is 39.3 Å². The average molecular weight is 286 g/mol. The van der Waals surface area contributed by atoms with Crippen molar-refractivity contribution in [2.24, 2.45) is 0 Å². The zero-order chi connectivity index (χ0) is 13.9. The maximum absolute atomic E-state index is 5.79. The Morgan fingerprint density at radius 1 is 1.30 bits per heavy atom. The third kappa shape index (κ3) is 2.84. The highest BCUT2D eigenvalue weighted by Crippen LogP contribution is 2.17. The lowest BCUT2D eigenvalue weighted by molar-refractivity contribution is 0.268. The topological polar surface area (TPSA) is 57.9 Å². The van der Waals surface area contributed by atoms with E-state index in [4.69, 9.17) is 5.73 Å². The number of nitrogen functional groups attached to an aromatic ring is 1. The molecule has 0 radical (unpaired) electrons. The van der Waals surface area contributed by atoms with E-state index in [9.17, 15) is 0 Å². The highest BCUT2D eigenvalue weighted by molar-refractivity contribution is 7.09. The molecule has 1 aromatic carbocycles. The Labute approximate surface area is 122 Å². The summed E-state index contributed by atoms with van der Waals surface area (Å²) in [6.45, 7) is 4.96. The SMILES string of the molecule is CCN(Cc1nc2ccc(N)cc2[nH]1)Cc1cccs1. The largest absolute Gasteiger partial charge is 0.399 e. The average Bonchev–Trinajstić information content (AvgIpc) is 3.06. The van der Waals surface area contributed by atoms with Gasteiger partial charge in [0, 0.05) is 17.1 Å². The number of rotatable bonds is 5. The zero-order valence-corrected chi connectivity index (χ0v) is 12.3. The maximum Gasteiger partial charge on any atom is 0.121 e. The van der Waals surface area contributed by atoms with Gasteiger partial charge in [0.25, 0.3) is 0 Å². The third-order valence-electron chi connectivity index (χ3n) is 3.34. The summed E-state index contributed by atoms with van der Waals surface area (Å²) in [5.74, 6) is 0.990. The van der Waals surface area contributed by atoms with Crippen molar-refractivity contribution in [2.75, 3.05) is 12.3 Å². The number of H-pyrrole nitrogens is 1. The normalized spacial score (nSPS) is 11.5. The van der Waals surface area contributed by atoms with Crippen molar-refractivity contribution < 1.29 is 0 Å². The molecule has 0 aliphatic carbocycles. The lowest BCUT2D eigenvalue weighted by atomic mass is 10.3. The first-order chi connectivity index (χ1) is 9.74. The lowest BCUT2D eigenvalue weighted by Crippen LogP contribution is -2.22. The Hall–Kier alpha value is -1.85. The van der Waals surface area contributed by atoms with Crippen LogP contribution in [0.15, 0.2) is 35.7 Å². The Kier molecular flexibility index (Phi) is 3.71. The van der Waals surface area contributed by atoms with E-state index in [1.165, 1.54) is 4.88 Å². The summed E-state index contributed by atoms with van der Waals surface area (Å²) in [4.78, 5) is 11.7. The molecule has 3 N–H and O–H groups in total. The molecule has 0 bridgehead atoms. The van der Waals surface area contributed by atoms with Gasteiger partial charge in [-0.25, -0.2) is 4.98 Å². The van der Waals surface area contributed by atoms with Crippen LogP contribution in [0.1, 0.15) is 17.6 Å². The molecule has 0 spiro atoms. The van der Waals surface area contributed by atoms with Gasteiger partial charge in [0.05, 0.1) is 17.6 Å². The predicted octanol–water partition coefficient (Wildman–Crippen LogP) is 3.23. The molecule has 0 aliphatic heterocycles. The van der Waals surface area contributed by atoms with Crippen LogP contribution in [0.4, 0.5) is 5.69 Å². The van der Waals surface area contributed by atoms with Gasteiger partial charge in [0.2, 0.25) is 0 Å². The van der Waals surface area contributed by atoms with Crippen molar-refractivity contribution in [3.05, 3.63) is 46.4 Å². The maximum atomic E-state index is 5.79. The van der Waals surface area contributed by atoms with Gasteiger partial charge in [-0.3, -0.25) is 4.90 Å². The van der Waals surface area contributed by atoms with Gasteiger partial charge in [-0.2, -0.15) is 0 Å². The van der Waals surface area contributed by atoms with Crippen LogP contribution >= 0.6 is 11.3 Å². The Morgan fingerprint density at radius 2 is 2.20 bits per heavy atom. The van der Waals surface area contributed by atoms with E-state index in [0.29, 0.717) is 0 Å². The van der Waals surface area contributed by atoms with Gasteiger partial charge in [0.15, 0.2) is 0 Å². The highest BCUT2D eigenvalue weighted by Gasteiger charge is 2.09. The van der Waals surface area contributed by atoms with Gasteiger partial charge in [-0.05, 0) is 36.2 Å². The summed E-state index contributed by atoms with van der Waals surface area (Å²) in [5.41, 5.74) is 8.54. The molecular weight excluding hydrogens is 268 g/mol. The minimum Gasteiger partial charge on any atom is -0.399 e. The van der Waals surface area contributed by atoms with Gasteiger partial charge in [-0.1, -0.05) is 13.0 Å². The zero-order valence-electron chi connectivity index (χ0n) is 11.5. The molecule has 104 valence electrons. The number of nitrogens with zero attached hydrogens (tertiary/aromatic N) is 2. The molecule has 0 amide bonds. The summed E-state index contributed by atoms with van der Waals surface area (Å²) >= 11 is 1.80. The second-order valence-electron chi connectivity index (χ2n) is 4.84. The minimum atomic E-state index is 0.763. The summed E-state index contributed by atoms with van der Waals surface area (Å²) in [7, 11) is 0. The van der Waals surface area contributed by atoms with Gasteiger partial charge >= 0.3 is 0 Å². The molecule has 3 aromatic rings. The molecule has 2 heterocycles. The summed E-state index contributed by atoms with van der Waals surface area (Å²) < 4.78 is 0. The molecule has 0 aliphatic rings. The number of fused-ring (bicyclic) bond motifs is 1. The fraction of sp³-hybridized carbons (Fsp3) is 0.267. The first-order valence-electron chi connectivity index (χ1n) is 6.73. The first kappa shape index (κ1) is 13.1. The second kappa shape index (κ2) is 5.64. The van der Waals surface area contributed by atoms with Crippen molar-refractivity contribution in [3.63, 3.8) is 0 Å². The number of thiophene rings is 1. The van der Waals surface area contributed by atoms with E-state index < -0.39 is 0 Å². The van der Waals surface area contributed by atoms with Crippen LogP contribution in [0.25, 0.3) is 11.0 Å². The molecule has 4 nitrogen and oxygen atoms in total. The smallest absolute Gasteiger partial charge is 0.121 e. The van der Waals surface area contributed by atoms with Crippen LogP contribution in [-0.4, -0.2) is 21.4 Å². The summed E-state index contributed by atoms with van der Waals surface area (Å²) in [6, 6.07) is 10.0. The minimum absolute atomic E-state index is 0.763. The quantitative estimate of drug-likeness (QED) is 0.708. The van der Waals surface area contributed by atoms with Crippen molar-refractivity contribution in [1.29, 1.82) is 0 Å². The standard InChI is InChI=1S/C15H18N4S/c1-2-19(9-12-4-3-7-20-12)10-15-17-13-6-5-11(16)8-14(13)18-15/h3-8H,2,9-10,16H2,1H3,(H,17,18). The van der Waals surface area contributed by atoms with Crippen LogP contribution in [0.5, 0.6) is 0 Å². The van der Waals surface area contributed by atoms with E-state index in [1.54, 1.807) is 11.3 Å². The second-order valence-corrected chi connectivity index (χ2v) is 5.87. The molecule has 0 atom stereocenters. The molecule has 3 rings (SSSR count). The van der Waals surface area contributed by atoms with Crippen LogP contribution in [0.2, 0.25) is 0 Å². The third-order valence-corrected chi connectivity index (χ3v) is 4.20. The number of benzene rings is 1. The van der Waals surface area contributed by atoms with Crippen molar-refractivity contribution >= 4 is 28.1 Å². The first-order valence-corrected chi connectivity index (χ1v) is 7.61. The van der Waals surface area contributed by atoms with Gasteiger partial charge in [0.1, 0.15) is 5.82 Å². The van der Waals surface area contributed by atoms with Crippen LogP contribution in [-0.2, 0) is 13.1 Å². The van der Waals surface area contributed by atoms with E-state index in [-0.39, 0.29) is 0 Å². The van der Waals surface area contributed by atoms with E-state index >= 15 is 0 Å². The van der Waals surface area contributed by atoms with Crippen molar-refractivity contribution in [2.45, 2.75) is 20.0 Å². The van der Waals surface area contributed by atoms with Crippen LogP contribution in [0, 0.1) is 0 Å². The molecule has 0 fully saturated rings. The number of nitrogens with one attached hydrogen (secondary N) is 1. The number of aromatic amines is 1. The Balaban J connectivity index is 1.76. The van der Waals surface area contributed by atoms with Crippen LogP contribution in [0.3, 0.4) is 0 Å². The predicted molar refractivity (Wildman–Crippen MR) is 84.6 cm³/mol. The van der Waals surface area contributed by atoms with E-state index in [0.717, 1.165) is 42.2 Å². The van der Waals surface area contributed by atoms with Gasteiger partial charge in [-0.15, -0.1) is 11.3 Å². The number of hydrogen-bond acceptors (Lipinski definition) is 4. The number of imidazole rings is 1. The Bertz CT molecular complexity index is 687. The number of nitrogens with two attached hydrogens (primary N) is 1. The molecular formula is C15H18N4S. The van der Waals surface area contributed by atoms with Gasteiger partial charge < -0.3 is 10.7 Å². The molecule has 2 aromatic heterocycles. The number of hydrogen-bond donors (Lipinski definition) is 2.